The van der Waals surface area contributed by atoms with Crippen LogP contribution in [0.25, 0.3) is 0 Å². The molecule has 0 aromatic heterocycles. The predicted octanol–water partition coefficient (Wildman–Crippen LogP) is 3.24. The molecule has 112 valence electrons. The third kappa shape index (κ3) is 7.56. The highest BCUT2D eigenvalue weighted by Gasteiger charge is 2.22. The standard InChI is InChI=1S/C16H32N2O/c1-3-4-5-6-7-8-11-18-16(19)13-15-14(2)10-9-12-17-15/h14-15,17H,3-13H2,1-2H3,(H,18,19). The molecule has 19 heavy (non-hydrogen) atoms. The van der Waals surface area contributed by atoms with E-state index in [0.717, 1.165) is 19.5 Å². The second-order valence-corrected chi connectivity index (χ2v) is 6.00. The number of amides is 1. The minimum Gasteiger partial charge on any atom is -0.356 e. The van der Waals surface area contributed by atoms with Crippen molar-refractivity contribution >= 4 is 5.91 Å². The number of carbonyl (C=O) groups excluding carboxylic acids is 1. The van der Waals surface area contributed by atoms with E-state index in [2.05, 4.69) is 24.5 Å². The largest absolute Gasteiger partial charge is 0.356 e. The molecule has 0 aliphatic carbocycles. The molecule has 0 bridgehead atoms. The molecular formula is C16H32N2O. The molecule has 1 fully saturated rings. The van der Waals surface area contributed by atoms with Crippen LogP contribution in [0.3, 0.4) is 0 Å². The molecule has 1 rings (SSSR count). The van der Waals surface area contributed by atoms with E-state index in [4.69, 9.17) is 0 Å². The molecule has 2 N–H and O–H groups in total. The molecule has 2 atom stereocenters. The van der Waals surface area contributed by atoms with Gasteiger partial charge in [-0.05, 0) is 31.7 Å². The zero-order valence-corrected chi connectivity index (χ0v) is 12.8. The van der Waals surface area contributed by atoms with Crippen molar-refractivity contribution in [2.45, 2.75) is 77.7 Å². The van der Waals surface area contributed by atoms with Crippen molar-refractivity contribution in [2.75, 3.05) is 13.1 Å². The molecule has 1 aliphatic heterocycles. The van der Waals surface area contributed by atoms with E-state index in [1.165, 1.54) is 44.9 Å². The van der Waals surface area contributed by atoms with E-state index in [-0.39, 0.29) is 5.91 Å². The van der Waals surface area contributed by atoms with Crippen LogP contribution in [0.1, 0.15) is 71.6 Å². The summed E-state index contributed by atoms with van der Waals surface area (Å²) in [6.45, 7) is 6.41. The number of carbonyl (C=O) groups is 1. The van der Waals surface area contributed by atoms with E-state index >= 15 is 0 Å². The Labute approximate surface area is 118 Å². The number of piperidine rings is 1. The Bertz CT molecular complexity index is 243. The van der Waals surface area contributed by atoms with Crippen LogP contribution in [-0.2, 0) is 4.79 Å². The van der Waals surface area contributed by atoms with E-state index in [0.29, 0.717) is 18.4 Å². The minimum atomic E-state index is 0.222. The Balaban J connectivity index is 1.98. The summed E-state index contributed by atoms with van der Waals surface area (Å²) in [7, 11) is 0. The van der Waals surface area contributed by atoms with Crippen molar-refractivity contribution in [1.82, 2.24) is 10.6 Å². The second kappa shape index (κ2) is 10.2. The van der Waals surface area contributed by atoms with Crippen LogP contribution < -0.4 is 10.6 Å². The van der Waals surface area contributed by atoms with Crippen LogP contribution in [0.4, 0.5) is 0 Å². The molecule has 0 spiro atoms. The maximum atomic E-state index is 11.8. The SMILES string of the molecule is CCCCCCCCNC(=O)CC1NCCCC1C. The highest BCUT2D eigenvalue weighted by molar-refractivity contribution is 5.76. The fraction of sp³-hybridized carbons (Fsp3) is 0.938. The van der Waals surface area contributed by atoms with Gasteiger partial charge in [0.1, 0.15) is 0 Å². The van der Waals surface area contributed by atoms with Gasteiger partial charge in [0.25, 0.3) is 0 Å². The lowest BCUT2D eigenvalue weighted by Gasteiger charge is -2.29. The Morgan fingerprint density at radius 3 is 2.68 bits per heavy atom. The summed E-state index contributed by atoms with van der Waals surface area (Å²) in [5.41, 5.74) is 0. The molecule has 2 unspecified atom stereocenters. The summed E-state index contributed by atoms with van der Waals surface area (Å²) in [5.74, 6) is 0.855. The molecule has 0 aromatic rings. The smallest absolute Gasteiger partial charge is 0.221 e. The summed E-state index contributed by atoms with van der Waals surface area (Å²) in [6.07, 6.45) is 10.8. The highest BCUT2D eigenvalue weighted by Crippen LogP contribution is 2.17. The molecule has 1 aliphatic rings. The van der Waals surface area contributed by atoms with Gasteiger partial charge in [-0.2, -0.15) is 0 Å². The van der Waals surface area contributed by atoms with Crippen molar-refractivity contribution in [2.24, 2.45) is 5.92 Å². The fourth-order valence-electron chi connectivity index (χ4n) is 2.79. The molecule has 1 saturated heterocycles. The number of unbranched alkanes of at least 4 members (excludes halogenated alkanes) is 5. The molecule has 0 saturated carbocycles. The maximum absolute atomic E-state index is 11.8. The summed E-state index contributed by atoms with van der Waals surface area (Å²) < 4.78 is 0. The third-order valence-electron chi connectivity index (χ3n) is 4.19. The summed E-state index contributed by atoms with van der Waals surface area (Å²) >= 11 is 0. The monoisotopic (exact) mass is 268 g/mol. The van der Waals surface area contributed by atoms with Gasteiger partial charge in [-0.25, -0.2) is 0 Å². The van der Waals surface area contributed by atoms with Crippen molar-refractivity contribution in [3.8, 4) is 0 Å². The van der Waals surface area contributed by atoms with Crippen LogP contribution in [-0.4, -0.2) is 25.0 Å². The van der Waals surface area contributed by atoms with Gasteiger partial charge < -0.3 is 10.6 Å². The van der Waals surface area contributed by atoms with Crippen LogP contribution in [0, 0.1) is 5.92 Å². The van der Waals surface area contributed by atoms with Gasteiger partial charge in [-0.1, -0.05) is 46.0 Å². The topological polar surface area (TPSA) is 41.1 Å². The maximum Gasteiger partial charge on any atom is 0.221 e. The Kier molecular flexibility index (Phi) is 8.89. The lowest BCUT2D eigenvalue weighted by atomic mass is 9.90. The molecule has 0 radical (unpaired) electrons. The average molecular weight is 268 g/mol. The van der Waals surface area contributed by atoms with Gasteiger partial charge in [-0.15, -0.1) is 0 Å². The van der Waals surface area contributed by atoms with Crippen molar-refractivity contribution in [3.63, 3.8) is 0 Å². The van der Waals surface area contributed by atoms with Gasteiger partial charge in [-0.3, -0.25) is 4.79 Å². The highest BCUT2D eigenvalue weighted by atomic mass is 16.1. The van der Waals surface area contributed by atoms with Crippen molar-refractivity contribution < 1.29 is 4.79 Å². The van der Waals surface area contributed by atoms with Gasteiger partial charge in [0.15, 0.2) is 0 Å². The number of nitrogens with one attached hydrogen (secondary N) is 2. The normalized spacial score (nSPS) is 23.3. The van der Waals surface area contributed by atoms with E-state index < -0.39 is 0 Å². The van der Waals surface area contributed by atoms with Gasteiger partial charge in [0.2, 0.25) is 5.91 Å². The molecule has 1 amide bonds. The summed E-state index contributed by atoms with van der Waals surface area (Å²) in [4.78, 5) is 11.8. The predicted molar refractivity (Wildman–Crippen MR) is 81.2 cm³/mol. The number of hydrogen-bond donors (Lipinski definition) is 2. The quantitative estimate of drug-likeness (QED) is 0.630. The van der Waals surface area contributed by atoms with Crippen LogP contribution in [0.5, 0.6) is 0 Å². The second-order valence-electron chi connectivity index (χ2n) is 6.00. The van der Waals surface area contributed by atoms with Crippen molar-refractivity contribution in [1.29, 1.82) is 0 Å². The molecule has 3 heteroatoms. The molecule has 1 heterocycles. The number of hydrogen-bond acceptors (Lipinski definition) is 2. The summed E-state index contributed by atoms with van der Waals surface area (Å²) in [5, 5.41) is 6.53. The molecular weight excluding hydrogens is 236 g/mol. The Hall–Kier alpha value is -0.570. The third-order valence-corrected chi connectivity index (χ3v) is 4.19. The average Bonchev–Trinajstić information content (AvgIpc) is 2.40. The Morgan fingerprint density at radius 2 is 1.95 bits per heavy atom. The van der Waals surface area contributed by atoms with E-state index in [1.54, 1.807) is 0 Å². The van der Waals surface area contributed by atoms with Gasteiger partial charge in [0, 0.05) is 19.0 Å². The van der Waals surface area contributed by atoms with Crippen LogP contribution >= 0.6 is 0 Å². The lowest BCUT2D eigenvalue weighted by molar-refractivity contribution is -0.122. The van der Waals surface area contributed by atoms with Gasteiger partial charge >= 0.3 is 0 Å². The number of rotatable bonds is 9. The molecule has 3 nitrogen and oxygen atoms in total. The van der Waals surface area contributed by atoms with E-state index in [9.17, 15) is 4.79 Å². The Morgan fingerprint density at radius 1 is 1.21 bits per heavy atom. The molecule has 0 aromatic carbocycles. The lowest BCUT2D eigenvalue weighted by Crippen LogP contribution is -2.43. The first-order valence-electron chi connectivity index (χ1n) is 8.24. The van der Waals surface area contributed by atoms with Crippen LogP contribution in [0.15, 0.2) is 0 Å². The first kappa shape index (κ1) is 16.5. The summed E-state index contributed by atoms with van der Waals surface area (Å²) in [6, 6.07) is 0.387. The van der Waals surface area contributed by atoms with Gasteiger partial charge in [0.05, 0.1) is 0 Å². The van der Waals surface area contributed by atoms with Crippen LogP contribution in [0.2, 0.25) is 0 Å². The van der Waals surface area contributed by atoms with Crippen molar-refractivity contribution in [3.05, 3.63) is 0 Å². The minimum absolute atomic E-state index is 0.222. The zero-order chi connectivity index (χ0) is 13.9. The fourth-order valence-corrected chi connectivity index (χ4v) is 2.79. The van der Waals surface area contributed by atoms with E-state index in [1.807, 2.05) is 0 Å². The first-order valence-corrected chi connectivity index (χ1v) is 8.24. The first-order chi connectivity index (χ1) is 9.24. The zero-order valence-electron chi connectivity index (χ0n) is 12.8.